The second-order valence-corrected chi connectivity index (χ2v) is 8.84. The molecule has 1 fully saturated rings. The number of aromatic nitrogens is 2. The van der Waals surface area contributed by atoms with Crippen LogP contribution in [0.4, 0.5) is 0 Å². The molecule has 1 N–H and O–H groups in total. The number of carbonyl (C=O) groups is 1. The first-order valence-corrected chi connectivity index (χ1v) is 12.1. The minimum Gasteiger partial charge on any atom is -0.368 e. The quantitative estimate of drug-likeness (QED) is 0.361. The van der Waals surface area contributed by atoms with Gasteiger partial charge in [-0.2, -0.15) is 0 Å². The molecular formula is C28H31N3O2. The molecule has 1 aliphatic heterocycles. The molecule has 0 radical (unpaired) electrons. The molecule has 4 aromatic rings. The van der Waals surface area contributed by atoms with E-state index < -0.39 is 0 Å². The fraction of sp³-hybridized carbons (Fsp3) is 0.357. The van der Waals surface area contributed by atoms with Gasteiger partial charge in [0, 0.05) is 26.1 Å². The number of nitrogens with one attached hydrogen (secondary N) is 1. The topological polar surface area (TPSA) is 56.2 Å². The lowest BCUT2D eigenvalue weighted by molar-refractivity contribution is -0.130. The number of aryl methyl sites for hydroxylation is 1. The molecule has 1 amide bonds. The molecule has 1 aliphatic rings. The van der Waals surface area contributed by atoms with E-state index in [2.05, 4.69) is 76.6 Å². The SMILES string of the molecule is O=C(NCCCCCc1nc2ccccc2n1Cc1cccc2ccccc12)C1CCCO1. The zero-order valence-electron chi connectivity index (χ0n) is 19.0. The lowest BCUT2D eigenvalue weighted by Crippen LogP contribution is -2.34. The number of para-hydroxylation sites is 2. The Bertz CT molecular complexity index is 1240. The van der Waals surface area contributed by atoms with Gasteiger partial charge in [0.15, 0.2) is 0 Å². The number of unbranched alkanes of at least 4 members (excludes halogenated alkanes) is 2. The van der Waals surface area contributed by atoms with E-state index in [0.717, 1.165) is 56.4 Å². The summed E-state index contributed by atoms with van der Waals surface area (Å²) < 4.78 is 7.82. The Morgan fingerprint density at radius 2 is 1.85 bits per heavy atom. The number of carbonyl (C=O) groups excluding carboxylic acids is 1. The minimum atomic E-state index is -0.237. The number of hydrogen-bond donors (Lipinski definition) is 1. The molecule has 5 heteroatoms. The van der Waals surface area contributed by atoms with E-state index in [0.29, 0.717) is 13.2 Å². The van der Waals surface area contributed by atoms with Gasteiger partial charge < -0.3 is 14.6 Å². The third-order valence-electron chi connectivity index (χ3n) is 6.54. The van der Waals surface area contributed by atoms with Crippen LogP contribution >= 0.6 is 0 Å². The van der Waals surface area contributed by atoms with Crippen molar-refractivity contribution in [3.8, 4) is 0 Å². The Kier molecular flexibility index (Phi) is 6.68. The molecule has 1 saturated heterocycles. The van der Waals surface area contributed by atoms with E-state index >= 15 is 0 Å². The summed E-state index contributed by atoms with van der Waals surface area (Å²) in [4.78, 5) is 17.0. The van der Waals surface area contributed by atoms with E-state index in [-0.39, 0.29) is 12.0 Å². The van der Waals surface area contributed by atoms with Crippen LogP contribution in [0.3, 0.4) is 0 Å². The second kappa shape index (κ2) is 10.2. The van der Waals surface area contributed by atoms with Crippen LogP contribution < -0.4 is 5.32 Å². The van der Waals surface area contributed by atoms with Gasteiger partial charge in [-0.05, 0) is 54.2 Å². The highest BCUT2D eigenvalue weighted by Gasteiger charge is 2.22. The van der Waals surface area contributed by atoms with Gasteiger partial charge in [-0.3, -0.25) is 4.79 Å². The van der Waals surface area contributed by atoms with Crippen molar-refractivity contribution in [2.24, 2.45) is 0 Å². The molecule has 1 aromatic heterocycles. The van der Waals surface area contributed by atoms with E-state index in [9.17, 15) is 4.79 Å². The molecule has 3 aromatic carbocycles. The van der Waals surface area contributed by atoms with E-state index in [4.69, 9.17) is 9.72 Å². The number of benzene rings is 3. The number of hydrogen-bond acceptors (Lipinski definition) is 3. The Morgan fingerprint density at radius 3 is 2.76 bits per heavy atom. The van der Waals surface area contributed by atoms with Gasteiger partial charge in [-0.15, -0.1) is 0 Å². The van der Waals surface area contributed by atoms with E-state index in [1.165, 1.54) is 21.9 Å². The lowest BCUT2D eigenvalue weighted by atomic mass is 10.0. The van der Waals surface area contributed by atoms with Gasteiger partial charge >= 0.3 is 0 Å². The fourth-order valence-corrected chi connectivity index (χ4v) is 4.79. The molecular weight excluding hydrogens is 410 g/mol. The normalized spacial score (nSPS) is 15.9. The third-order valence-corrected chi connectivity index (χ3v) is 6.54. The van der Waals surface area contributed by atoms with E-state index in [1.54, 1.807) is 0 Å². The molecule has 0 spiro atoms. The molecule has 5 nitrogen and oxygen atoms in total. The molecule has 1 unspecified atom stereocenters. The average molecular weight is 442 g/mol. The van der Waals surface area contributed by atoms with Crippen molar-refractivity contribution >= 4 is 27.7 Å². The lowest BCUT2D eigenvalue weighted by Gasteiger charge is -2.12. The summed E-state index contributed by atoms with van der Waals surface area (Å²) in [5.41, 5.74) is 3.55. The standard InChI is InChI=1S/C28H31N3O2/c32-28(26-16-9-19-33-26)29-18-7-1-2-17-27-30-24-14-5-6-15-25(24)31(27)20-22-12-8-11-21-10-3-4-13-23(21)22/h3-6,8,10-15,26H,1-2,7,9,16-20H2,(H,29,32). The summed E-state index contributed by atoms with van der Waals surface area (Å²) in [6.07, 6.45) is 5.61. The molecule has 0 bridgehead atoms. The summed E-state index contributed by atoms with van der Waals surface area (Å²) in [5, 5.41) is 5.59. The number of fused-ring (bicyclic) bond motifs is 2. The molecule has 5 rings (SSSR count). The Labute approximate surface area is 194 Å². The minimum absolute atomic E-state index is 0.0457. The van der Waals surface area contributed by atoms with Crippen molar-refractivity contribution in [2.45, 2.75) is 51.2 Å². The maximum Gasteiger partial charge on any atom is 0.249 e. The maximum absolute atomic E-state index is 12.1. The second-order valence-electron chi connectivity index (χ2n) is 8.84. The van der Waals surface area contributed by atoms with Crippen LogP contribution in [0.25, 0.3) is 21.8 Å². The van der Waals surface area contributed by atoms with Gasteiger partial charge in [0.2, 0.25) is 5.91 Å². The van der Waals surface area contributed by atoms with Crippen LogP contribution in [-0.4, -0.2) is 34.7 Å². The number of ether oxygens (including phenoxy) is 1. The predicted octanol–water partition coefficient (Wildman–Crippen LogP) is 5.25. The van der Waals surface area contributed by atoms with Crippen molar-refractivity contribution in [2.75, 3.05) is 13.2 Å². The zero-order chi connectivity index (χ0) is 22.5. The zero-order valence-corrected chi connectivity index (χ0v) is 19.0. The first kappa shape index (κ1) is 21.7. The maximum atomic E-state index is 12.1. The fourth-order valence-electron chi connectivity index (χ4n) is 4.79. The monoisotopic (exact) mass is 441 g/mol. The largest absolute Gasteiger partial charge is 0.368 e. The molecule has 33 heavy (non-hydrogen) atoms. The third kappa shape index (κ3) is 4.93. The van der Waals surface area contributed by atoms with Gasteiger partial charge in [-0.1, -0.05) is 61.0 Å². The van der Waals surface area contributed by atoms with Gasteiger partial charge in [0.1, 0.15) is 11.9 Å². The summed E-state index contributed by atoms with van der Waals surface area (Å²) >= 11 is 0. The first-order valence-electron chi connectivity index (χ1n) is 12.1. The summed E-state index contributed by atoms with van der Waals surface area (Å²) in [6, 6.07) is 23.5. The Balaban J connectivity index is 1.24. The average Bonchev–Trinajstić information content (AvgIpc) is 3.50. The van der Waals surface area contributed by atoms with Gasteiger partial charge in [0.25, 0.3) is 0 Å². The van der Waals surface area contributed by atoms with Crippen LogP contribution in [-0.2, 0) is 22.5 Å². The van der Waals surface area contributed by atoms with Crippen molar-refractivity contribution in [1.29, 1.82) is 0 Å². The molecule has 0 aliphatic carbocycles. The van der Waals surface area contributed by atoms with Crippen LogP contribution in [0.1, 0.15) is 43.5 Å². The summed E-state index contributed by atoms with van der Waals surface area (Å²) in [5.74, 6) is 1.18. The number of imidazole rings is 1. The first-order chi connectivity index (χ1) is 16.3. The molecule has 0 saturated carbocycles. The Hall–Kier alpha value is -3.18. The number of rotatable bonds is 9. The highest BCUT2D eigenvalue weighted by Crippen LogP contribution is 2.24. The van der Waals surface area contributed by atoms with Crippen LogP contribution in [0, 0.1) is 0 Å². The van der Waals surface area contributed by atoms with Crippen molar-refractivity contribution in [3.05, 3.63) is 78.1 Å². The van der Waals surface area contributed by atoms with Crippen LogP contribution in [0.2, 0.25) is 0 Å². The van der Waals surface area contributed by atoms with Crippen LogP contribution in [0.5, 0.6) is 0 Å². The van der Waals surface area contributed by atoms with Crippen molar-refractivity contribution < 1.29 is 9.53 Å². The van der Waals surface area contributed by atoms with E-state index in [1.807, 2.05) is 0 Å². The van der Waals surface area contributed by atoms with Crippen molar-refractivity contribution in [3.63, 3.8) is 0 Å². The smallest absolute Gasteiger partial charge is 0.249 e. The van der Waals surface area contributed by atoms with Crippen LogP contribution in [0.15, 0.2) is 66.7 Å². The van der Waals surface area contributed by atoms with Gasteiger partial charge in [-0.25, -0.2) is 4.98 Å². The highest BCUT2D eigenvalue weighted by atomic mass is 16.5. The highest BCUT2D eigenvalue weighted by molar-refractivity contribution is 5.86. The predicted molar refractivity (Wildman–Crippen MR) is 132 cm³/mol. The summed E-state index contributed by atoms with van der Waals surface area (Å²) in [6.45, 7) is 2.23. The number of amides is 1. The summed E-state index contributed by atoms with van der Waals surface area (Å²) in [7, 11) is 0. The van der Waals surface area contributed by atoms with Crippen molar-refractivity contribution in [1.82, 2.24) is 14.9 Å². The molecule has 1 atom stereocenters. The van der Waals surface area contributed by atoms with Gasteiger partial charge in [0.05, 0.1) is 11.0 Å². The molecule has 2 heterocycles. The Morgan fingerprint density at radius 1 is 1.00 bits per heavy atom. The number of nitrogens with zero attached hydrogens (tertiary/aromatic N) is 2. The molecule has 170 valence electrons.